The van der Waals surface area contributed by atoms with Crippen molar-refractivity contribution in [2.75, 3.05) is 0 Å². The first-order valence-corrected chi connectivity index (χ1v) is 5.30. The number of hydrogen-bond donors (Lipinski definition) is 0. The number of hydrogen-bond acceptors (Lipinski definition) is 0. The van der Waals surface area contributed by atoms with Gasteiger partial charge in [-0.3, -0.25) is 0 Å². The zero-order valence-electron chi connectivity index (χ0n) is 7.45. The molecule has 0 amide bonds. The molecule has 4 rings (SSSR count). The Balaban J connectivity index is 1.98. The van der Waals surface area contributed by atoms with Crippen molar-refractivity contribution in [3.63, 3.8) is 0 Å². The lowest BCUT2D eigenvalue weighted by atomic mass is 9.60. The molecule has 0 heteroatoms. The Morgan fingerprint density at radius 3 is 2.42 bits per heavy atom. The molecule has 2 bridgehead atoms. The predicted octanol–water partition coefficient (Wildman–Crippen LogP) is 3.16. The lowest BCUT2D eigenvalue weighted by Gasteiger charge is -2.45. The highest BCUT2D eigenvalue weighted by molar-refractivity contribution is 5.16. The minimum absolute atomic E-state index is 0.900. The van der Waals surface area contributed by atoms with Gasteiger partial charge in [-0.1, -0.05) is 24.3 Å². The van der Waals surface area contributed by atoms with Gasteiger partial charge in [0.25, 0.3) is 0 Å². The first-order valence-electron chi connectivity index (χ1n) is 5.30. The van der Waals surface area contributed by atoms with Crippen molar-refractivity contribution < 1.29 is 0 Å². The zero-order chi connectivity index (χ0) is 7.97. The first-order chi connectivity index (χ1) is 5.95. The van der Waals surface area contributed by atoms with E-state index in [2.05, 4.69) is 24.3 Å². The smallest absolute Gasteiger partial charge is 0.0136 e. The second-order valence-corrected chi connectivity index (χ2v) is 4.54. The maximum Gasteiger partial charge on any atom is -0.0136 e. The Labute approximate surface area is 74.4 Å². The summed E-state index contributed by atoms with van der Waals surface area (Å²) in [7, 11) is 0. The summed E-state index contributed by atoms with van der Waals surface area (Å²) >= 11 is 0. The van der Waals surface area contributed by atoms with Crippen molar-refractivity contribution in [2.45, 2.75) is 25.7 Å². The van der Waals surface area contributed by atoms with E-state index in [1.807, 2.05) is 0 Å². The monoisotopic (exact) mass is 160 g/mol. The summed E-state index contributed by atoms with van der Waals surface area (Å²) < 4.78 is 0. The van der Waals surface area contributed by atoms with E-state index >= 15 is 0 Å². The lowest BCUT2D eigenvalue weighted by molar-refractivity contribution is 0.143. The van der Waals surface area contributed by atoms with Gasteiger partial charge in [-0.05, 0) is 49.4 Å². The molecule has 4 atom stereocenters. The van der Waals surface area contributed by atoms with Crippen LogP contribution < -0.4 is 0 Å². The number of allylic oxidation sites excluding steroid dienone is 4. The molecule has 0 spiro atoms. The molecule has 0 aliphatic heterocycles. The molecule has 0 aromatic heterocycles. The highest BCUT2D eigenvalue weighted by atomic mass is 14.4. The molecule has 0 N–H and O–H groups in total. The van der Waals surface area contributed by atoms with Crippen molar-refractivity contribution in [1.29, 1.82) is 0 Å². The highest BCUT2D eigenvalue weighted by Crippen LogP contribution is 2.48. The maximum atomic E-state index is 2.49. The topological polar surface area (TPSA) is 0 Å². The van der Waals surface area contributed by atoms with E-state index in [0.717, 1.165) is 23.7 Å². The molecule has 0 aromatic carbocycles. The van der Waals surface area contributed by atoms with E-state index < -0.39 is 0 Å². The third-order valence-electron chi connectivity index (χ3n) is 4.00. The molecule has 4 aliphatic rings. The van der Waals surface area contributed by atoms with Crippen molar-refractivity contribution in [2.24, 2.45) is 23.7 Å². The van der Waals surface area contributed by atoms with E-state index in [1.165, 1.54) is 25.7 Å². The fourth-order valence-electron chi connectivity index (χ4n) is 3.38. The lowest BCUT2D eigenvalue weighted by Crippen LogP contribution is -2.36. The van der Waals surface area contributed by atoms with Gasteiger partial charge >= 0.3 is 0 Å². The van der Waals surface area contributed by atoms with Crippen LogP contribution in [0.4, 0.5) is 0 Å². The van der Waals surface area contributed by atoms with Gasteiger partial charge in [0.1, 0.15) is 0 Å². The Morgan fingerprint density at radius 1 is 0.833 bits per heavy atom. The fourth-order valence-corrected chi connectivity index (χ4v) is 3.38. The van der Waals surface area contributed by atoms with Crippen LogP contribution in [0.3, 0.4) is 0 Å². The van der Waals surface area contributed by atoms with Gasteiger partial charge < -0.3 is 0 Å². The average molecular weight is 160 g/mol. The van der Waals surface area contributed by atoms with E-state index in [9.17, 15) is 0 Å². The standard InChI is InChI=1S/C12H16/c1-2-4-12-10-7-5-9(6-8-10)11(12)3-1/h1,3,5,7,9-12H,2,4,6,8H2/t9-,10+,11-,12+/m0/s1. The van der Waals surface area contributed by atoms with Crippen LogP contribution in [-0.4, -0.2) is 0 Å². The SMILES string of the molecule is C1=C[C@@H]2[C@H](CC1)[C@@H]1C=C[C@H]2CC1. The summed E-state index contributed by atoms with van der Waals surface area (Å²) in [5.41, 5.74) is 0. The van der Waals surface area contributed by atoms with Gasteiger partial charge in [-0.15, -0.1) is 0 Å². The van der Waals surface area contributed by atoms with E-state index in [4.69, 9.17) is 0 Å². The summed E-state index contributed by atoms with van der Waals surface area (Å²) in [5.74, 6) is 3.77. The predicted molar refractivity (Wildman–Crippen MR) is 50.7 cm³/mol. The molecule has 1 saturated carbocycles. The summed E-state index contributed by atoms with van der Waals surface area (Å²) in [4.78, 5) is 0. The summed E-state index contributed by atoms with van der Waals surface area (Å²) in [6.07, 6.45) is 15.6. The highest BCUT2D eigenvalue weighted by Gasteiger charge is 2.39. The minimum atomic E-state index is 0.900. The molecule has 0 nitrogen and oxygen atoms in total. The largest absolute Gasteiger partial charge is 0.0882 e. The molecule has 1 fully saturated rings. The molecular formula is C12H16. The second kappa shape index (κ2) is 2.48. The quantitative estimate of drug-likeness (QED) is 0.477. The average Bonchev–Trinajstić information content (AvgIpc) is 2.20. The van der Waals surface area contributed by atoms with Gasteiger partial charge in [0.15, 0.2) is 0 Å². The Bertz CT molecular complexity index is 236. The number of fused-ring (bicyclic) bond motifs is 1. The molecule has 0 heterocycles. The summed E-state index contributed by atoms with van der Waals surface area (Å²) in [6, 6.07) is 0. The van der Waals surface area contributed by atoms with Gasteiger partial charge in [0.05, 0.1) is 0 Å². The molecule has 0 radical (unpaired) electrons. The Hall–Kier alpha value is -0.520. The molecule has 4 aliphatic carbocycles. The van der Waals surface area contributed by atoms with Crippen molar-refractivity contribution in [3.8, 4) is 0 Å². The van der Waals surface area contributed by atoms with Crippen LogP contribution in [0, 0.1) is 23.7 Å². The zero-order valence-corrected chi connectivity index (χ0v) is 7.45. The van der Waals surface area contributed by atoms with Gasteiger partial charge in [0.2, 0.25) is 0 Å². The Kier molecular flexibility index (Phi) is 1.44. The van der Waals surface area contributed by atoms with Crippen LogP contribution in [0.15, 0.2) is 24.3 Å². The van der Waals surface area contributed by atoms with Crippen LogP contribution in [0.25, 0.3) is 0 Å². The van der Waals surface area contributed by atoms with Gasteiger partial charge in [-0.2, -0.15) is 0 Å². The van der Waals surface area contributed by atoms with Crippen LogP contribution in [0.2, 0.25) is 0 Å². The van der Waals surface area contributed by atoms with Gasteiger partial charge in [-0.25, -0.2) is 0 Å². The third-order valence-corrected chi connectivity index (χ3v) is 4.00. The van der Waals surface area contributed by atoms with Crippen molar-refractivity contribution >= 4 is 0 Å². The summed E-state index contributed by atoms with van der Waals surface area (Å²) in [5, 5.41) is 0. The molecule has 64 valence electrons. The van der Waals surface area contributed by atoms with Crippen LogP contribution >= 0.6 is 0 Å². The van der Waals surface area contributed by atoms with Crippen LogP contribution in [0.1, 0.15) is 25.7 Å². The minimum Gasteiger partial charge on any atom is -0.0882 e. The normalized spacial score (nSPS) is 49.3. The Morgan fingerprint density at radius 2 is 1.67 bits per heavy atom. The molecule has 0 saturated heterocycles. The molecular weight excluding hydrogens is 144 g/mol. The summed E-state index contributed by atoms with van der Waals surface area (Å²) in [6.45, 7) is 0. The third kappa shape index (κ3) is 0.840. The molecule has 0 unspecified atom stereocenters. The maximum absolute atomic E-state index is 2.49. The van der Waals surface area contributed by atoms with Crippen molar-refractivity contribution in [3.05, 3.63) is 24.3 Å². The molecule has 12 heavy (non-hydrogen) atoms. The first kappa shape index (κ1) is 6.94. The molecule has 0 aromatic rings. The van der Waals surface area contributed by atoms with E-state index in [1.54, 1.807) is 0 Å². The van der Waals surface area contributed by atoms with Crippen LogP contribution in [-0.2, 0) is 0 Å². The van der Waals surface area contributed by atoms with Gasteiger partial charge in [0, 0.05) is 0 Å². The van der Waals surface area contributed by atoms with Crippen LogP contribution in [0.5, 0.6) is 0 Å². The van der Waals surface area contributed by atoms with E-state index in [-0.39, 0.29) is 0 Å². The van der Waals surface area contributed by atoms with E-state index in [0.29, 0.717) is 0 Å². The van der Waals surface area contributed by atoms with Crippen molar-refractivity contribution in [1.82, 2.24) is 0 Å². The fraction of sp³-hybridized carbons (Fsp3) is 0.667. The second-order valence-electron chi connectivity index (χ2n) is 4.54. The number of rotatable bonds is 0.